The van der Waals surface area contributed by atoms with E-state index >= 15 is 0 Å². The second kappa shape index (κ2) is 8.76. The molecule has 150 valence electrons. The monoisotopic (exact) mass is 412 g/mol. The molecule has 1 aliphatic heterocycles. The molecule has 0 radical (unpaired) electrons. The molecule has 1 aromatic rings. The molecular weight excluding hydrogens is 392 g/mol. The minimum Gasteiger partial charge on any atom is -0.497 e. The summed E-state index contributed by atoms with van der Waals surface area (Å²) in [6, 6.07) is 6.06. The van der Waals surface area contributed by atoms with Crippen molar-refractivity contribution >= 4 is 15.7 Å². The SMILES string of the molecule is COC1=CC(=CC=C2C=CC=CC2=NS(=O)(=O)c2ccc(OC)cc2)C=CN1O. The molecule has 0 spiro atoms. The van der Waals surface area contributed by atoms with Gasteiger partial charge >= 0.3 is 0 Å². The lowest BCUT2D eigenvalue weighted by molar-refractivity contribution is -0.0571. The van der Waals surface area contributed by atoms with Gasteiger partial charge in [0.15, 0.2) is 0 Å². The predicted molar refractivity (Wildman–Crippen MR) is 110 cm³/mol. The zero-order valence-corrected chi connectivity index (χ0v) is 16.7. The number of methoxy groups -OCH3 is 2. The van der Waals surface area contributed by atoms with E-state index in [2.05, 4.69) is 4.40 Å². The number of hydrogen-bond donors (Lipinski definition) is 1. The molecule has 0 amide bonds. The average molecular weight is 412 g/mol. The lowest BCUT2D eigenvalue weighted by Gasteiger charge is -2.18. The molecule has 0 atom stereocenters. The highest BCUT2D eigenvalue weighted by atomic mass is 32.2. The Morgan fingerprint density at radius 1 is 1.00 bits per heavy atom. The fraction of sp³-hybridized carbons (Fsp3) is 0.0952. The number of nitrogens with zero attached hydrogens (tertiary/aromatic N) is 2. The van der Waals surface area contributed by atoms with Crippen molar-refractivity contribution in [3.8, 4) is 5.75 Å². The van der Waals surface area contributed by atoms with Crippen LogP contribution in [0.5, 0.6) is 5.75 Å². The van der Waals surface area contributed by atoms with Crippen LogP contribution in [0.3, 0.4) is 0 Å². The van der Waals surface area contributed by atoms with Crippen LogP contribution in [0.25, 0.3) is 0 Å². The highest BCUT2D eigenvalue weighted by Crippen LogP contribution is 2.20. The number of allylic oxidation sites excluding steroid dienone is 10. The van der Waals surface area contributed by atoms with E-state index in [1.54, 1.807) is 60.7 Å². The van der Waals surface area contributed by atoms with Gasteiger partial charge in [0.25, 0.3) is 10.0 Å². The molecule has 1 N–H and O–H groups in total. The van der Waals surface area contributed by atoms with E-state index in [-0.39, 0.29) is 10.8 Å². The third-order valence-corrected chi connectivity index (χ3v) is 5.41. The largest absolute Gasteiger partial charge is 0.497 e. The number of hydroxylamine groups is 2. The molecule has 3 rings (SSSR count). The molecule has 2 aliphatic rings. The Bertz CT molecular complexity index is 1090. The number of hydrogen-bond acceptors (Lipinski definition) is 6. The Hall–Kier alpha value is -3.36. The molecule has 0 bridgehead atoms. The molecule has 0 aromatic heterocycles. The molecule has 0 saturated heterocycles. The van der Waals surface area contributed by atoms with Crippen molar-refractivity contribution < 1.29 is 23.1 Å². The predicted octanol–water partition coefficient (Wildman–Crippen LogP) is 3.51. The summed E-state index contributed by atoms with van der Waals surface area (Å²) in [5, 5.41) is 10.5. The van der Waals surface area contributed by atoms with E-state index in [1.807, 2.05) is 0 Å². The first-order chi connectivity index (χ1) is 13.9. The van der Waals surface area contributed by atoms with Crippen LogP contribution in [0, 0.1) is 0 Å². The zero-order chi connectivity index (χ0) is 20.9. The molecule has 29 heavy (non-hydrogen) atoms. The van der Waals surface area contributed by atoms with Crippen LogP contribution >= 0.6 is 0 Å². The van der Waals surface area contributed by atoms with E-state index < -0.39 is 10.0 Å². The normalized spacial score (nSPS) is 20.4. The highest BCUT2D eigenvalue weighted by molar-refractivity contribution is 7.90. The zero-order valence-electron chi connectivity index (χ0n) is 15.9. The summed E-state index contributed by atoms with van der Waals surface area (Å²) in [4.78, 5) is 0.0809. The molecule has 0 saturated carbocycles. The Balaban J connectivity index is 1.91. The van der Waals surface area contributed by atoms with Crippen molar-refractivity contribution in [1.29, 1.82) is 0 Å². The summed E-state index contributed by atoms with van der Waals surface area (Å²) in [6.07, 6.45) is 15.2. The highest BCUT2D eigenvalue weighted by Gasteiger charge is 2.16. The van der Waals surface area contributed by atoms with Gasteiger partial charge in [0.1, 0.15) is 5.75 Å². The van der Waals surface area contributed by atoms with E-state index in [4.69, 9.17) is 9.47 Å². The summed E-state index contributed by atoms with van der Waals surface area (Å²) < 4.78 is 39.4. The fourth-order valence-electron chi connectivity index (χ4n) is 2.57. The van der Waals surface area contributed by atoms with Gasteiger partial charge in [-0.1, -0.05) is 30.4 Å². The van der Waals surface area contributed by atoms with Crippen LogP contribution < -0.4 is 4.74 Å². The van der Waals surface area contributed by atoms with Crippen molar-refractivity contribution in [3.05, 3.63) is 96.1 Å². The summed E-state index contributed by atoms with van der Waals surface area (Å²) >= 11 is 0. The average Bonchev–Trinajstić information content (AvgIpc) is 2.74. The van der Waals surface area contributed by atoms with Crippen LogP contribution in [-0.2, 0) is 14.8 Å². The Morgan fingerprint density at radius 2 is 1.72 bits per heavy atom. The van der Waals surface area contributed by atoms with E-state index in [0.717, 1.165) is 10.6 Å². The van der Waals surface area contributed by atoms with Crippen LogP contribution in [0.2, 0.25) is 0 Å². The lowest BCUT2D eigenvalue weighted by Crippen LogP contribution is -2.15. The van der Waals surface area contributed by atoms with Crippen LogP contribution in [0.15, 0.2) is 105 Å². The fourth-order valence-corrected chi connectivity index (χ4v) is 3.58. The van der Waals surface area contributed by atoms with Crippen LogP contribution in [0.4, 0.5) is 0 Å². The maximum atomic E-state index is 12.7. The smallest absolute Gasteiger partial charge is 0.282 e. The Morgan fingerprint density at radius 3 is 2.41 bits per heavy atom. The van der Waals surface area contributed by atoms with Gasteiger partial charge in [-0.25, -0.2) is 0 Å². The third kappa shape index (κ3) is 4.92. The lowest BCUT2D eigenvalue weighted by atomic mass is 10.0. The first kappa shape index (κ1) is 20.4. The number of rotatable bonds is 5. The van der Waals surface area contributed by atoms with Crippen molar-refractivity contribution in [2.75, 3.05) is 14.2 Å². The molecule has 1 aromatic carbocycles. The molecule has 8 heteroatoms. The minimum atomic E-state index is -3.88. The first-order valence-corrected chi connectivity index (χ1v) is 10.0. The summed E-state index contributed by atoms with van der Waals surface area (Å²) in [7, 11) is -0.916. The van der Waals surface area contributed by atoms with Crippen molar-refractivity contribution in [2.24, 2.45) is 4.40 Å². The maximum Gasteiger partial charge on any atom is 0.282 e. The minimum absolute atomic E-state index is 0.0809. The summed E-state index contributed by atoms with van der Waals surface area (Å²) in [6.45, 7) is 0. The van der Waals surface area contributed by atoms with Crippen LogP contribution in [-0.4, -0.2) is 38.6 Å². The maximum absolute atomic E-state index is 12.7. The van der Waals surface area contributed by atoms with Gasteiger partial charge in [-0.15, -0.1) is 0 Å². The Labute approximate surface area is 169 Å². The van der Waals surface area contributed by atoms with Gasteiger partial charge in [0.05, 0.1) is 24.8 Å². The molecule has 7 nitrogen and oxygen atoms in total. The summed E-state index contributed by atoms with van der Waals surface area (Å²) in [5.41, 5.74) is 1.71. The molecule has 0 fully saturated rings. The van der Waals surface area contributed by atoms with E-state index in [9.17, 15) is 13.6 Å². The second-order valence-corrected chi connectivity index (χ2v) is 7.59. The van der Waals surface area contributed by atoms with Gasteiger partial charge in [-0.05, 0) is 42.0 Å². The molecule has 1 heterocycles. The van der Waals surface area contributed by atoms with Gasteiger partial charge in [-0.3, -0.25) is 5.21 Å². The van der Waals surface area contributed by atoms with Crippen molar-refractivity contribution in [3.63, 3.8) is 0 Å². The standard InChI is InChI=1S/C21H20N2O5S/c1-27-18-9-11-19(12-10-18)29(25,26)22-20-6-4-3-5-17(20)8-7-16-13-14-23(24)21(15-16)28-2/h3-15,24H,1-2H3. The molecule has 1 aliphatic carbocycles. The van der Waals surface area contributed by atoms with E-state index in [0.29, 0.717) is 17.0 Å². The number of sulfonamides is 1. The quantitative estimate of drug-likeness (QED) is 0.796. The molecular formula is C21H20N2O5S. The van der Waals surface area contributed by atoms with Crippen molar-refractivity contribution in [2.45, 2.75) is 4.90 Å². The van der Waals surface area contributed by atoms with Gasteiger partial charge < -0.3 is 9.47 Å². The topological polar surface area (TPSA) is 88.4 Å². The molecule has 0 unspecified atom stereocenters. The van der Waals surface area contributed by atoms with Crippen LogP contribution in [0.1, 0.15) is 0 Å². The third-order valence-electron chi connectivity index (χ3n) is 4.10. The van der Waals surface area contributed by atoms with Crippen molar-refractivity contribution in [1.82, 2.24) is 5.06 Å². The van der Waals surface area contributed by atoms with Gasteiger partial charge in [-0.2, -0.15) is 17.9 Å². The van der Waals surface area contributed by atoms with Gasteiger partial charge in [0, 0.05) is 17.8 Å². The summed E-state index contributed by atoms with van der Waals surface area (Å²) in [5.74, 6) is 0.835. The number of ether oxygens (including phenoxy) is 2. The Kier molecular flexibility index (Phi) is 6.16. The first-order valence-electron chi connectivity index (χ1n) is 8.61. The second-order valence-electron chi connectivity index (χ2n) is 5.98. The number of benzene rings is 1. The van der Waals surface area contributed by atoms with Gasteiger partial charge in [0.2, 0.25) is 5.88 Å². The van der Waals surface area contributed by atoms with E-state index in [1.165, 1.54) is 32.6 Å².